The van der Waals surface area contributed by atoms with Gasteiger partial charge in [-0.2, -0.15) is 0 Å². The summed E-state index contributed by atoms with van der Waals surface area (Å²) in [6, 6.07) is 0. The van der Waals surface area contributed by atoms with Crippen molar-refractivity contribution < 1.29 is 14.9 Å². The van der Waals surface area contributed by atoms with E-state index in [0.717, 1.165) is 5.70 Å². The number of ether oxygens (including phenoxy) is 1. The first-order valence-corrected chi connectivity index (χ1v) is 3.65. The number of epoxide rings is 1. The standard InChI is InChI=1S/C7H11NO3/c1-8-3-4(9)2-5(8)6-7(10)11-6/h4,7,9-10H,2-3H2,1H3. The summed E-state index contributed by atoms with van der Waals surface area (Å²) in [5.41, 5.74) is 0.935. The van der Waals surface area contributed by atoms with Crippen LogP contribution in [0.3, 0.4) is 0 Å². The van der Waals surface area contributed by atoms with Gasteiger partial charge in [-0.3, -0.25) is 0 Å². The lowest BCUT2D eigenvalue weighted by molar-refractivity contribution is 0.156. The van der Waals surface area contributed by atoms with Gasteiger partial charge in [0.1, 0.15) is 0 Å². The van der Waals surface area contributed by atoms with Crippen LogP contribution in [0.25, 0.3) is 0 Å². The van der Waals surface area contributed by atoms with E-state index >= 15 is 0 Å². The third-order valence-corrected chi connectivity index (χ3v) is 2.06. The van der Waals surface area contributed by atoms with E-state index in [1.165, 1.54) is 0 Å². The monoisotopic (exact) mass is 157 g/mol. The number of rotatable bonds is 0. The highest BCUT2D eigenvalue weighted by molar-refractivity contribution is 5.21. The molecule has 2 atom stereocenters. The smallest absolute Gasteiger partial charge is 0.258 e. The second-order valence-electron chi connectivity index (χ2n) is 3.02. The van der Waals surface area contributed by atoms with E-state index in [-0.39, 0.29) is 6.10 Å². The number of aliphatic hydroxyl groups is 2. The third kappa shape index (κ3) is 1.08. The van der Waals surface area contributed by atoms with Crippen LogP contribution in [0.1, 0.15) is 6.42 Å². The molecule has 0 amide bonds. The van der Waals surface area contributed by atoms with Gasteiger partial charge in [0.15, 0.2) is 5.76 Å². The van der Waals surface area contributed by atoms with Gasteiger partial charge in [0.2, 0.25) is 0 Å². The second-order valence-corrected chi connectivity index (χ2v) is 3.02. The maximum Gasteiger partial charge on any atom is 0.258 e. The van der Waals surface area contributed by atoms with Gasteiger partial charge in [0.25, 0.3) is 6.29 Å². The Bertz CT molecular complexity index is 214. The first-order chi connectivity index (χ1) is 5.18. The quantitative estimate of drug-likeness (QED) is 0.454. The molecule has 0 aliphatic carbocycles. The fourth-order valence-corrected chi connectivity index (χ4v) is 1.46. The van der Waals surface area contributed by atoms with Crippen molar-refractivity contribution >= 4 is 0 Å². The minimum atomic E-state index is -0.710. The first-order valence-electron chi connectivity index (χ1n) is 3.65. The van der Waals surface area contributed by atoms with Gasteiger partial charge in [-0.15, -0.1) is 0 Å². The molecule has 11 heavy (non-hydrogen) atoms. The third-order valence-electron chi connectivity index (χ3n) is 2.06. The number of aliphatic hydroxyl groups excluding tert-OH is 2. The van der Waals surface area contributed by atoms with Crippen molar-refractivity contribution in [3.63, 3.8) is 0 Å². The molecule has 0 bridgehead atoms. The van der Waals surface area contributed by atoms with E-state index < -0.39 is 6.29 Å². The average Bonchev–Trinajstić information content (AvgIpc) is 2.52. The van der Waals surface area contributed by atoms with Crippen molar-refractivity contribution in [2.45, 2.75) is 18.8 Å². The lowest BCUT2D eigenvalue weighted by Gasteiger charge is -2.09. The minimum Gasteiger partial charge on any atom is -0.453 e. The van der Waals surface area contributed by atoms with Gasteiger partial charge < -0.3 is 19.8 Å². The van der Waals surface area contributed by atoms with E-state index in [0.29, 0.717) is 18.7 Å². The van der Waals surface area contributed by atoms with Crippen LogP contribution in [0.15, 0.2) is 11.5 Å². The molecule has 0 aromatic heterocycles. The summed E-state index contributed by atoms with van der Waals surface area (Å²) in [5, 5.41) is 18.1. The molecule has 4 heteroatoms. The lowest BCUT2D eigenvalue weighted by atomic mass is 10.2. The zero-order valence-corrected chi connectivity index (χ0v) is 6.32. The van der Waals surface area contributed by atoms with Crippen molar-refractivity contribution in [1.82, 2.24) is 4.90 Å². The van der Waals surface area contributed by atoms with Crippen molar-refractivity contribution in [2.75, 3.05) is 13.6 Å². The molecular weight excluding hydrogens is 146 g/mol. The van der Waals surface area contributed by atoms with E-state index in [1.54, 1.807) is 0 Å². The Balaban J connectivity index is 2.16. The Morgan fingerprint density at radius 2 is 2.18 bits per heavy atom. The fraction of sp³-hybridized carbons (Fsp3) is 0.714. The SMILES string of the molecule is CN1CC(O)CC1=C1OC1O. The number of β-amino-alcohol motifs (C(OH)–C–C–N with tert-alkyl or cyclic N) is 1. The molecule has 0 radical (unpaired) electrons. The first kappa shape index (κ1) is 6.94. The summed E-state index contributed by atoms with van der Waals surface area (Å²) >= 11 is 0. The predicted octanol–water partition coefficient (Wildman–Crippen LogP) is -0.757. The Morgan fingerprint density at radius 1 is 1.55 bits per heavy atom. The zero-order valence-electron chi connectivity index (χ0n) is 6.32. The summed E-state index contributed by atoms with van der Waals surface area (Å²) in [6.45, 7) is 0.634. The molecule has 0 saturated carbocycles. The van der Waals surface area contributed by atoms with Crippen LogP contribution < -0.4 is 0 Å². The van der Waals surface area contributed by atoms with Crippen molar-refractivity contribution in [3.05, 3.63) is 11.5 Å². The molecule has 62 valence electrons. The lowest BCUT2D eigenvalue weighted by Crippen LogP contribution is -2.15. The van der Waals surface area contributed by atoms with Crippen molar-refractivity contribution in [3.8, 4) is 0 Å². The van der Waals surface area contributed by atoms with Crippen LogP contribution in [-0.4, -0.2) is 41.1 Å². The highest BCUT2D eigenvalue weighted by Crippen LogP contribution is 2.34. The highest BCUT2D eigenvalue weighted by Gasteiger charge is 2.38. The van der Waals surface area contributed by atoms with E-state index in [2.05, 4.69) is 0 Å². The van der Waals surface area contributed by atoms with Crippen LogP contribution in [-0.2, 0) is 4.74 Å². The molecule has 2 fully saturated rings. The van der Waals surface area contributed by atoms with E-state index in [4.69, 9.17) is 9.84 Å². The summed E-state index contributed by atoms with van der Waals surface area (Å²) < 4.78 is 4.80. The second kappa shape index (κ2) is 2.12. The number of likely N-dealkylation sites (N-methyl/N-ethyl adjacent to an activating group) is 1. The summed E-state index contributed by atoms with van der Waals surface area (Å²) in [6.07, 6.45) is -0.417. The molecule has 2 unspecified atom stereocenters. The number of nitrogens with zero attached hydrogens (tertiary/aromatic N) is 1. The van der Waals surface area contributed by atoms with Gasteiger partial charge >= 0.3 is 0 Å². The number of likely N-dealkylation sites (tertiary alicyclic amines) is 1. The topological polar surface area (TPSA) is 56.2 Å². The minimum absolute atomic E-state index is 0.307. The van der Waals surface area contributed by atoms with Gasteiger partial charge in [0.05, 0.1) is 11.8 Å². The highest BCUT2D eigenvalue weighted by atomic mass is 16.7. The molecule has 2 saturated heterocycles. The molecule has 2 aliphatic rings. The summed E-state index contributed by atoms with van der Waals surface area (Å²) in [4.78, 5) is 1.91. The van der Waals surface area contributed by atoms with Gasteiger partial charge in [-0.25, -0.2) is 0 Å². The molecule has 0 aromatic rings. The molecule has 2 heterocycles. The predicted molar refractivity (Wildman–Crippen MR) is 37.4 cm³/mol. The van der Waals surface area contributed by atoms with Crippen LogP contribution >= 0.6 is 0 Å². The van der Waals surface area contributed by atoms with Gasteiger partial charge in [-0.05, 0) is 0 Å². The Hall–Kier alpha value is -0.740. The van der Waals surface area contributed by atoms with Gasteiger partial charge in [0, 0.05) is 20.0 Å². The summed E-state index contributed by atoms with van der Waals surface area (Å²) in [7, 11) is 1.88. The Labute approximate surface area is 64.7 Å². The molecule has 2 N–H and O–H groups in total. The molecule has 0 aromatic carbocycles. The fourth-order valence-electron chi connectivity index (χ4n) is 1.46. The molecular formula is C7H11NO3. The van der Waals surface area contributed by atoms with E-state index in [1.807, 2.05) is 11.9 Å². The van der Waals surface area contributed by atoms with Crippen molar-refractivity contribution in [2.24, 2.45) is 0 Å². The molecule has 4 nitrogen and oxygen atoms in total. The maximum atomic E-state index is 9.22. The van der Waals surface area contributed by atoms with Crippen molar-refractivity contribution in [1.29, 1.82) is 0 Å². The largest absolute Gasteiger partial charge is 0.453 e. The average molecular weight is 157 g/mol. The number of hydrogen-bond donors (Lipinski definition) is 2. The normalized spacial score (nSPS) is 42.6. The zero-order chi connectivity index (χ0) is 8.01. The van der Waals surface area contributed by atoms with E-state index in [9.17, 15) is 5.11 Å². The Kier molecular flexibility index (Phi) is 1.34. The van der Waals surface area contributed by atoms with Gasteiger partial charge in [-0.1, -0.05) is 0 Å². The molecule has 2 rings (SSSR count). The van der Waals surface area contributed by atoms with Crippen LogP contribution in [0, 0.1) is 0 Å². The summed E-state index contributed by atoms with van der Waals surface area (Å²) in [5.74, 6) is 0.629. The molecule has 0 spiro atoms. The maximum absolute atomic E-state index is 9.22. The molecule has 2 aliphatic heterocycles. The van der Waals surface area contributed by atoms with Crippen LogP contribution in [0.5, 0.6) is 0 Å². The van der Waals surface area contributed by atoms with Crippen LogP contribution in [0.2, 0.25) is 0 Å². The van der Waals surface area contributed by atoms with Crippen LogP contribution in [0.4, 0.5) is 0 Å². The number of hydrogen-bond acceptors (Lipinski definition) is 4. The Morgan fingerprint density at radius 3 is 2.55 bits per heavy atom.